The average molecular weight is 402 g/mol. The number of amides is 1. The van der Waals surface area contributed by atoms with Crippen molar-refractivity contribution in [2.24, 2.45) is 0 Å². The van der Waals surface area contributed by atoms with Gasteiger partial charge in [0.1, 0.15) is 11.9 Å². The van der Waals surface area contributed by atoms with Crippen LogP contribution >= 0.6 is 0 Å². The normalized spacial score (nSPS) is 15.0. The number of rotatable bonds is 6. The Bertz CT molecular complexity index is 1030. The lowest BCUT2D eigenvalue weighted by Gasteiger charge is -2.23. The molecule has 0 spiro atoms. The highest BCUT2D eigenvalue weighted by Gasteiger charge is 2.29. The molecule has 154 valence electrons. The minimum atomic E-state index is -0.927. The molecule has 4 rings (SSSR count). The largest absolute Gasteiger partial charge is 0.487 e. The van der Waals surface area contributed by atoms with Crippen LogP contribution in [0.2, 0.25) is 0 Å². The first-order chi connectivity index (χ1) is 14.5. The van der Waals surface area contributed by atoms with Crippen LogP contribution in [0.1, 0.15) is 36.5 Å². The van der Waals surface area contributed by atoms with Crippen LogP contribution < -0.4 is 4.74 Å². The second-order valence-corrected chi connectivity index (χ2v) is 8.13. The van der Waals surface area contributed by atoms with Gasteiger partial charge in [-0.05, 0) is 28.2 Å². The van der Waals surface area contributed by atoms with Gasteiger partial charge in [-0.25, -0.2) is 4.79 Å². The van der Waals surface area contributed by atoms with E-state index in [1.807, 2.05) is 30.3 Å². The van der Waals surface area contributed by atoms with E-state index in [4.69, 9.17) is 4.74 Å². The van der Waals surface area contributed by atoms with E-state index in [1.165, 1.54) is 16.0 Å². The van der Waals surface area contributed by atoms with Crippen LogP contribution in [0.3, 0.4) is 0 Å². The second-order valence-electron chi connectivity index (χ2n) is 8.13. The molecule has 0 saturated heterocycles. The molecule has 0 radical (unpaired) electrons. The smallest absolute Gasteiger partial charge is 0.407 e. The number of hydrogen-bond acceptors (Lipinski definition) is 2. The van der Waals surface area contributed by atoms with Gasteiger partial charge in [-0.3, -0.25) is 0 Å². The predicted molar refractivity (Wildman–Crippen MR) is 119 cm³/mol. The molecule has 30 heavy (non-hydrogen) atoms. The number of carbonyl (C=O) groups is 1. The molecule has 1 aliphatic rings. The maximum absolute atomic E-state index is 11.8. The number of hydrogen-bond donors (Lipinski definition) is 1. The summed E-state index contributed by atoms with van der Waals surface area (Å²) in [7, 11) is 0. The van der Waals surface area contributed by atoms with Gasteiger partial charge >= 0.3 is 6.09 Å². The van der Waals surface area contributed by atoms with Crippen molar-refractivity contribution in [3.63, 3.8) is 0 Å². The Balaban J connectivity index is 1.57. The quantitative estimate of drug-likeness (QED) is 0.554. The SMILES string of the molecule is CC(C)c1ccccc1-c1cccc2c1OC(CN(Cc1ccccc1)C(=O)O)C2. The zero-order valence-electron chi connectivity index (χ0n) is 17.4. The summed E-state index contributed by atoms with van der Waals surface area (Å²) in [6.45, 7) is 5.08. The standard InChI is InChI=1S/C26H27NO3/c1-18(2)22-12-6-7-13-23(22)24-14-8-11-20-15-21(30-25(20)24)17-27(26(28)29)16-19-9-4-3-5-10-19/h3-14,18,21H,15-17H2,1-2H3,(H,28,29). The lowest BCUT2D eigenvalue weighted by Crippen LogP contribution is -2.37. The number of ether oxygens (including phenoxy) is 1. The van der Waals surface area contributed by atoms with E-state index in [2.05, 4.69) is 56.3 Å². The van der Waals surface area contributed by atoms with Gasteiger partial charge < -0.3 is 14.7 Å². The highest BCUT2D eigenvalue weighted by Crippen LogP contribution is 2.41. The summed E-state index contributed by atoms with van der Waals surface area (Å²) in [5.41, 5.74) is 5.67. The number of para-hydroxylation sites is 1. The summed E-state index contributed by atoms with van der Waals surface area (Å²) < 4.78 is 6.34. The van der Waals surface area contributed by atoms with Crippen LogP contribution in [0.15, 0.2) is 72.8 Å². The van der Waals surface area contributed by atoms with Crippen LogP contribution in [0.5, 0.6) is 5.75 Å². The van der Waals surface area contributed by atoms with Crippen molar-refractivity contribution in [3.8, 4) is 16.9 Å². The van der Waals surface area contributed by atoms with Crippen molar-refractivity contribution in [1.82, 2.24) is 4.90 Å². The van der Waals surface area contributed by atoms with E-state index < -0.39 is 6.09 Å². The van der Waals surface area contributed by atoms with Crippen LogP contribution in [-0.2, 0) is 13.0 Å². The fourth-order valence-corrected chi connectivity index (χ4v) is 4.16. The number of fused-ring (bicyclic) bond motifs is 1. The monoisotopic (exact) mass is 401 g/mol. The Morgan fingerprint density at radius 1 is 1.00 bits per heavy atom. The first kappa shape index (κ1) is 20.0. The topological polar surface area (TPSA) is 49.8 Å². The molecule has 0 aromatic heterocycles. The van der Waals surface area contributed by atoms with E-state index in [-0.39, 0.29) is 6.10 Å². The molecule has 1 aliphatic heterocycles. The number of carboxylic acid groups (broad SMARTS) is 1. The summed E-state index contributed by atoms with van der Waals surface area (Å²) in [5, 5.41) is 9.71. The van der Waals surface area contributed by atoms with E-state index in [0.29, 0.717) is 25.4 Å². The van der Waals surface area contributed by atoms with Crippen LogP contribution in [0.4, 0.5) is 4.79 Å². The summed E-state index contributed by atoms with van der Waals surface area (Å²) in [6.07, 6.45) is -0.401. The van der Waals surface area contributed by atoms with E-state index in [9.17, 15) is 9.90 Å². The molecule has 3 aromatic rings. The van der Waals surface area contributed by atoms with Gasteiger partial charge in [0, 0.05) is 18.5 Å². The molecule has 1 amide bonds. The molecule has 0 saturated carbocycles. The molecule has 1 N–H and O–H groups in total. The van der Waals surface area contributed by atoms with Gasteiger partial charge in [-0.2, -0.15) is 0 Å². The van der Waals surface area contributed by atoms with Gasteiger partial charge in [0.05, 0.1) is 6.54 Å². The fourth-order valence-electron chi connectivity index (χ4n) is 4.16. The first-order valence-electron chi connectivity index (χ1n) is 10.4. The van der Waals surface area contributed by atoms with E-state index >= 15 is 0 Å². The molecular formula is C26H27NO3. The third-order valence-electron chi connectivity index (χ3n) is 5.61. The Morgan fingerprint density at radius 2 is 1.70 bits per heavy atom. The average Bonchev–Trinajstić information content (AvgIpc) is 3.16. The van der Waals surface area contributed by atoms with Crippen LogP contribution in [-0.4, -0.2) is 28.7 Å². The van der Waals surface area contributed by atoms with Crippen molar-refractivity contribution >= 4 is 6.09 Å². The lowest BCUT2D eigenvalue weighted by atomic mass is 9.91. The van der Waals surface area contributed by atoms with Gasteiger partial charge in [0.15, 0.2) is 0 Å². The summed E-state index contributed by atoms with van der Waals surface area (Å²) >= 11 is 0. The zero-order valence-corrected chi connectivity index (χ0v) is 17.4. The Hall–Kier alpha value is -3.27. The zero-order chi connectivity index (χ0) is 21.1. The number of benzene rings is 3. The Morgan fingerprint density at radius 3 is 2.43 bits per heavy atom. The Labute approximate surface area is 177 Å². The number of nitrogens with zero attached hydrogens (tertiary/aromatic N) is 1. The molecule has 3 aromatic carbocycles. The molecule has 0 fully saturated rings. The molecule has 0 aliphatic carbocycles. The molecule has 0 bridgehead atoms. The fraction of sp³-hybridized carbons (Fsp3) is 0.269. The summed E-state index contributed by atoms with van der Waals surface area (Å²) in [6, 6.07) is 24.4. The minimum Gasteiger partial charge on any atom is -0.487 e. The van der Waals surface area contributed by atoms with Crippen molar-refractivity contribution in [1.29, 1.82) is 0 Å². The predicted octanol–water partition coefficient (Wildman–Crippen LogP) is 5.96. The van der Waals surface area contributed by atoms with Crippen molar-refractivity contribution in [3.05, 3.63) is 89.5 Å². The van der Waals surface area contributed by atoms with Crippen molar-refractivity contribution < 1.29 is 14.6 Å². The van der Waals surface area contributed by atoms with Gasteiger partial charge in [0.2, 0.25) is 0 Å². The van der Waals surface area contributed by atoms with Crippen LogP contribution in [0, 0.1) is 0 Å². The molecular weight excluding hydrogens is 374 g/mol. The third-order valence-corrected chi connectivity index (χ3v) is 5.61. The van der Waals surface area contributed by atoms with Crippen molar-refractivity contribution in [2.75, 3.05) is 6.54 Å². The lowest BCUT2D eigenvalue weighted by molar-refractivity contribution is 0.113. The highest BCUT2D eigenvalue weighted by molar-refractivity contribution is 5.76. The maximum atomic E-state index is 11.8. The molecule has 4 heteroatoms. The van der Waals surface area contributed by atoms with E-state index in [0.717, 1.165) is 22.4 Å². The second kappa shape index (κ2) is 8.62. The minimum absolute atomic E-state index is 0.188. The Kier molecular flexibility index (Phi) is 5.75. The highest BCUT2D eigenvalue weighted by atomic mass is 16.5. The third kappa shape index (κ3) is 4.18. The first-order valence-corrected chi connectivity index (χ1v) is 10.4. The van der Waals surface area contributed by atoms with Gasteiger partial charge in [0.25, 0.3) is 0 Å². The summed E-state index contributed by atoms with van der Waals surface area (Å²) in [4.78, 5) is 13.3. The molecule has 1 atom stereocenters. The van der Waals surface area contributed by atoms with E-state index in [1.54, 1.807) is 0 Å². The molecule has 1 unspecified atom stereocenters. The van der Waals surface area contributed by atoms with Gasteiger partial charge in [-0.1, -0.05) is 86.6 Å². The maximum Gasteiger partial charge on any atom is 0.407 e. The van der Waals surface area contributed by atoms with Gasteiger partial charge in [-0.15, -0.1) is 0 Å². The van der Waals surface area contributed by atoms with Crippen LogP contribution in [0.25, 0.3) is 11.1 Å². The van der Waals surface area contributed by atoms with Crippen molar-refractivity contribution in [2.45, 2.75) is 38.8 Å². The molecule has 1 heterocycles. The molecule has 4 nitrogen and oxygen atoms in total. The summed E-state index contributed by atoms with van der Waals surface area (Å²) in [5.74, 6) is 1.29.